The lowest BCUT2D eigenvalue weighted by atomic mass is 10.0. The molecule has 2 N–H and O–H groups in total. The van der Waals surface area contributed by atoms with E-state index in [2.05, 4.69) is 10.0 Å². The van der Waals surface area contributed by atoms with Gasteiger partial charge in [0, 0.05) is 6.42 Å². The number of aliphatic carboxylic acids is 1. The Bertz CT molecular complexity index is 345. The van der Waals surface area contributed by atoms with Gasteiger partial charge < -0.3 is 19.9 Å². The van der Waals surface area contributed by atoms with Crippen LogP contribution in [0.5, 0.6) is 0 Å². The molecule has 0 spiro atoms. The zero-order valence-corrected chi connectivity index (χ0v) is 8.09. The molecule has 0 aromatic rings. The monoisotopic (exact) mass is 232 g/mol. The molecular formula is C7H9FN4O4. The lowest BCUT2D eigenvalue weighted by Crippen LogP contribution is -2.47. The highest BCUT2D eigenvalue weighted by atomic mass is 19.1. The summed E-state index contributed by atoms with van der Waals surface area (Å²) in [6.45, 7) is -1.17. The lowest BCUT2D eigenvalue weighted by Gasteiger charge is -2.23. The van der Waals surface area contributed by atoms with E-state index in [4.69, 9.17) is 10.6 Å². The lowest BCUT2D eigenvalue weighted by molar-refractivity contribution is -0.267. The SMILES string of the molecule is N=[N+]=NCC1(F)CC(C(=O)O)N(C(=O)[O-])C1. The summed E-state index contributed by atoms with van der Waals surface area (Å²) < 4.78 is 13.9. The molecule has 0 aromatic heterocycles. The van der Waals surface area contributed by atoms with Crippen molar-refractivity contribution in [2.45, 2.75) is 18.1 Å². The van der Waals surface area contributed by atoms with E-state index in [-0.39, 0.29) is 0 Å². The fourth-order valence-electron chi connectivity index (χ4n) is 1.63. The van der Waals surface area contributed by atoms with E-state index in [1.54, 1.807) is 0 Å². The number of carboxylic acids is 1. The van der Waals surface area contributed by atoms with Crippen molar-refractivity contribution in [2.75, 3.05) is 13.1 Å². The number of nitrogens with zero attached hydrogens (tertiary/aromatic N) is 3. The molecule has 1 aliphatic heterocycles. The molecule has 1 saturated heterocycles. The Morgan fingerprint density at radius 2 is 2.38 bits per heavy atom. The molecule has 88 valence electrons. The number of carboxylic acid groups (broad SMARTS) is 2. The quantitative estimate of drug-likeness (QED) is 0.464. The summed E-state index contributed by atoms with van der Waals surface area (Å²) in [6.07, 6.45) is -2.26. The van der Waals surface area contributed by atoms with Gasteiger partial charge in [0.15, 0.2) is 12.2 Å². The number of carbonyl (C=O) groups excluding carboxylic acids is 1. The molecule has 2 unspecified atom stereocenters. The van der Waals surface area contributed by atoms with Crippen molar-refractivity contribution in [3.05, 3.63) is 0 Å². The topological polar surface area (TPSA) is 131 Å². The van der Waals surface area contributed by atoms with E-state index >= 15 is 0 Å². The summed E-state index contributed by atoms with van der Waals surface area (Å²) in [5, 5.41) is 22.4. The standard InChI is InChI=1S/C7H9FN4O4/c8-7(2-10-11-9)1-4(5(13)14)12(3-7)6(15)16/h4,9H,1-3H2,(H-,13,14,15,16). The molecule has 0 bridgehead atoms. The minimum atomic E-state index is -2.10. The van der Waals surface area contributed by atoms with Crippen LogP contribution >= 0.6 is 0 Å². The summed E-state index contributed by atoms with van der Waals surface area (Å²) in [6, 6.07) is -1.48. The van der Waals surface area contributed by atoms with Crippen molar-refractivity contribution in [1.82, 2.24) is 9.81 Å². The molecule has 8 nitrogen and oxygen atoms in total. The molecule has 1 rings (SSSR count). The molecule has 0 radical (unpaired) electrons. The molecule has 1 amide bonds. The van der Waals surface area contributed by atoms with Crippen LogP contribution in [-0.4, -0.2) is 46.9 Å². The Morgan fingerprint density at radius 1 is 1.75 bits per heavy atom. The fourth-order valence-corrected chi connectivity index (χ4v) is 1.63. The average molecular weight is 232 g/mol. The minimum absolute atomic E-state index is 0.405. The van der Waals surface area contributed by atoms with E-state index in [0.29, 0.717) is 4.90 Å². The van der Waals surface area contributed by atoms with E-state index in [1.165, 1.54) is 0 Å². The maximum absolute atomic E-state index is 13.9. The Labute approximate surface area is 88.9 Å². The second kappa shape index (κ2) is 4.23. The van der Waals surface area contributed by atoms with Crippen LogP contribution in [0.2, 0.25) is 0 Å². The first-order valence-electron chi connectivity index (χ1n) is 4.32. The van der Waals surface area contributed by atoms with E-state index in [1.807, 2.05) is 0 Å². The van der Waals surface area contributed by atoms with Crippen molar-refractivity contribution >= 4 is 12.1 Å². The fraction of sp³-hybridized carbons (Fsp3) is 0.714. The highest BCUT2D eigenvalue weighted by molar-refractivity contribution is 5.79. The van der Waals surface area contributed by atoms with Gasteiger partial charge in [-0.05, 0) is 0 Å². The number of rotatable bonds is 3. The number of amides is 1. The molecule has 9 heteroatoms. The van der Waals surface area contributed by atoms with Gasteiger partial charge in [0.25, 0.3) is 0 Å². The zero-order chi connectivity index (χ0) is 12.3. The Balaban J connectivity index is 2.86. The van der Waals surface area contributed by atoms with Gasteiger partial charge in [0.05, 0.1) is 6.54 Å². The molecule has 0 aromatic carbocycles. The largest absolute Gasteiger partial charge is 0.530 e. The van der Waals surface area contributed by atoms with Gasteiger partial charge in [0.1, 0.15) is 22.8 Å². The molecule has 16 heavy (non-hydrogen) atoms. The average Bonchev–Trinajstić information content (AvgIpc) is 2.55. The minimum Gasteiger partial charge on any atom is -0.530 e. The van der Waals surface area contributed by atoms with Gasteiger partial charge in [-0.25, -0.2) is 9.18 Å². The number of hydrogen-bond acceptors (Lipinski definition) is 5. The normalized spacial score (nSPS) is 28.6. The van der Waals surface area contributed by atoms with E-state index in [0.717, 1.165) is 0 Å². The molecule has 1 aliphatic rings. The van der Waals surface area contributed by atoms with E-state index in [9.17, 15) is 19.1 Å². The first-order valence-corrected chi connectivity index (χ1v) is 4.32. The van der Waals surface area contributed by atoms with Gasteiger partial charge in [-0.2, -0.15) is 0 Å². The van der Waals surface area contributed by atoms with Crippen LogP contribution < -0.4 is 10.0 Å². The van der Waals surface area contributed by atoms with Crippen LogP contribution in [0.25, 0.3) is 0 Å². The zero-order valence-electron chi connectivity index (χ0n) is 8.09. The first-order chi connectivity index (χ1) is 7.39. The van der Waals surface area contributed by atoms with Gasteiger partial charge in [-0.1, -0.05) is 0 Å². The number of nitrogens with one attached hydrogen (secondary N) is 1. The number of likely N-dealkylation sites (tertiary alicyclic amines) is 1. The summed E-state index contributed by atoms with van der Waals surface area (Å²) >= 11 is 0. The first kappa shape index (κ1) is 12.1. The Morgan fingerprint density at radius 3 is 2.75 bits per heavy atom. The Kier molecular flexibility index (Phi) is 3.19. The maximum Gasteiger partial charge on any atom is 0.326 e. The van der Waals surface area contributed by atoms with Crippen LogP contribution in [0.3, 0.4) is 0 Å². The predicted molar refractivity (Wildman–Crippen MR) is 44.1 cm³/mol. The number of halogens is 1. The number of alkyl halides is 1. The summed E-state index contributed by atoms with van der Waals surface area (Å²) in [7, 11) is 0. The highest BCUT2D eigenvalue weighted by Crippen LogP contribution is 2.30. The predicted octanol–water partition coefficient (Wildman–Crippen LogP) is -1.25. The second-order valence-electron chi connectivity index (χ2n) is 3.50. The smallest absolute Gasteiger partial charge is 0.326 e. The van der Waals surface area contributed by atoms with E-state index < -0.39 is 43.3 Å². The van der Waals surface area contributed by atoms with Crippen molar-refractivity contribution in [1.29, 1.82) is 5.53 Å². The van der Waals surface area contributed by atoms with Gasteiger partial charge >= 0.3 is 5.97 Å². The van der Waals surface area contributed by atoms with Gasteiger partial charge in [-0.15, -0.1) is 0 Å². The summed E-state index contributed by atoms with van der Waals surface area (Å²) in [5.74, 6) is -1.44. The van der Waals surface area contributed by atoms with Gasteiger partial charge in [-0.3, -0.25) is 0 Å². The molecule has 0 saturated carbocycles. The van der Waals surface area contributed by atoms with Crippen LogP contribution in [0.15, 0.2) is 5.11 Å². The molecule has 2 atom stereocenters. The van der Waals surface area contributed by atoms with Crippen LogP contribution in [0.1, 0.15) is 6.42 Å². The van der Waals surface area contributed by atoms with Crippen molar-refractivity contribution < 1.29 is 24.2 Å². The molecule has 1 heterocycles. The highest BCUT2D eigenvalue weighted by Gasteiger charge is 2.48. The van der Waals surface area contributed by atoms with Gasteiger partial charge in [0.2, 0.25) is 4.91 Å². The number of hydrogen-bond donors (Lipinski definition) is 2. The molecule has 0 aliphatic carbocycles. The second-order valence-corrected chi connectivity index (χ2v) is 3.50. The third-order valence-corrected chi connectivity index (χ3v) is 2.33. The maximum atomic E-state index is 13.9. The van der Waals surface area contributed by atoms with Crippen molar-refractivity contribution in [2.24, 2.45) is 5.11 Å². The van der Waals surface area contributed by atoms with Crippen LogP contribution in [0.4, 0.5) is 9.18 Å². The third-order valence-electron chi connectivity index (χ3n) is 2.33. The molecular weight excluding hydrogens is 223 g/mol. The summed E-state index contributed by atoms with van der Waals surface area (Å²) in [4.78, 5) is 24.3. The van der Waals surface area contributed by atoms with Crippen molar-refractivity contribution in [3.63, 3.8) is 0 Å². The summed E-state index contributed by atoms with van der Waals surface area (Å²) in [5.41, 5.74) is 4.25. The number of carbonyl (C=O) groups is 2. The third kappa shape index (κ3) is 2.31. The van der Waals surface area contributed by atoms with Crippen molar-refractivity contribution in [3.8, 4) is 0 Å². The van der Waals surface area contributed by atoms with Crippen LogP contribution in [-0.2, 0) is 4.79 Å². The Hall–Kier alpha value is -2.02. The molecule has 1 fully saturated rings. The van der Waals surface area contributed by atoms with Crippen LogP contribution in [0, 0.1) is 5.53 Å².